The summed E-state index contributed by atoms with van der Waals surface area (Å²) in [6, 6.07) is 7.86. The van der Waals surface area contributed by atoms with Crippen LogP contribution in [0.3, 0.4) is 0 Å². The quantitative estimate of drug-likeness (QED) is 0.861. The second-order valence-electron chi connectivity index (χ2n) is 7.43. The molecule has 1 unspecified atom stereocenters. The van der Waals surface area contributed by atoms with Gasteiger partial charge in [0, 0.05) is 36.6 Å². The van der Waals surface area contributed by atoms with Crippen LogP contribution in [0.25, 0.3) is 0 Å². The molecular weight excluding hydrogens is 338 g/mol. The van der Waals surface area contributed by atoms with E-state index in [9.17, 15) is 9.59 Å². The van der Waals surface area contributed by atoms with Crippen molar-refractivity contribution in [3.63, 3.8) is 0 Å². The maximum absolute atomic E-state index is 12.5. The molecule has 0 aromatic heterocycles. The van der Waals surface area contributed by atoms with Crippen molar-refractivity contribution in [3.05, 3.63) is 34.9 Å². The monoisotopic (exact) mass is 361 g/mol. The number of amides is 2. The molecule has 1 saturated carbocycles. The van der Waals surface area contributed by atoms with Crippen molar-refractivity contribution in [1.82, 2.24) is 15.5 Å². The number of likely N-dealkylation sites (tertiary alicyclic amines) is 1. The number of rotatable bonds is 4. The third-order valence-corrected chi connectivity index (χ3v) is 5.89. The van der Waals surface area contributed by atoms with E-state index in [1.807, 2.05) is 29.2 Å². The molecule has 4 atom stereocenters. The lowest BCUT2D eigenvalue weighted by molar-refractivity contribution is -0.132. The number of benzene rings is 1. The number of hydrogen-bond acceptors (Lipinski definition) is 3. The van der Waals surface area contributed by atoms with Gasteiger partial charge in [-0.05, 0) is 43.4 Å². The van der Waals surface area contributed by atoms with Gasteiger partial charge in [0.15, 0.2) is 0 Å². The Bertz CT molecular complexity index is 657. The van der Waals surface area contributed by atoms with Gasteiger partial charge in [-0.2, -0.15) is 0 Å². The van der Waals surface area contributed by atoms with Crippen molar-refractivity contribution in [2.75, 3.05) is 19.6 Å². The van der Waals surface area contributed by atoms with E-state index in [4.69, 9.17) is 11.6 Å². The first kappa shape index (κ1) is 16.9. The number of nitrogens with one attached hydrogen (secondary N) is 2. The Balaban J connectivity index is 1.27. The number of carbonyl (C=O) groups is 2. The normalized spacial score (nSPS) is 31.2. The molecule has 134 valence electrons. The SMILES string of the molecule is O=C(NC1C[C@@H]1c1ccc(Cl)cc1)[C@@H]1CN[C@H](C(=O)N2CCCC2)C1. The molecule has 2 aliphatic heterocycles. The highest BCUT2D eigenvalue weighted by Crippen LogP contribution is 2.41. The standard InChI is InChI=1S/C19H24ClN3O2/c20-14-5-3-12(4-6-14)15-10-16(15)22-18(24)13-9-17(21-11-13)19(25)23-7-1-2-8-23/h3-6,13,15-17,21H,1-2,7-11H2,(H,22,24)/t13-,15+,16?,17-/m0/s1. The van der Waals surface area contributed by atoms with E-state index in [1.54, 1.807) is 0 Å². The Morgan fingerprint density at radius 2 is 1.84 bits per heavy atom. The minimum Gasteiger partial charge on any atom is -0.352 e. The minimum absolute atomic E-state index is 0.0747. The summed E-state index contributed by atoms with van der Waals surface area (Å²) in [5.41, 5.74) is 1.22. The average Bonchev–Trinajstić information content (AvgIpc) is 3.06. The fourth-order valence-corrected chi connectivity index (χ4v) is 4.14. The summed E-state index contributed by atoms with van der Waals surface area (Å²) in [4.78, 5) is 26.9. The summed E-state index contributed by atoms with van der Waals surface area (Å²) in [5.74, 6) is 0.518. The zero-order valence-electron chi connectivity index (χ0n) is 14.2. The summed E-state index contributed by atoms with van der Waals surface area (Å²) < 4.78 is 0. The summed E-state index contributed by atoms with van der Waals surface area (Å²) in [6.07, 6.45) is 3.77. The van der Waals surface area contributed by atoms with Crippen LogP contribution in [0.15, 0.2) is 24.3 Å². The molecule has 25 heavy (non-hydrogen) atoms. The zero-order chi connectivity index (χ0) is 17.4. The molecular formula is C19H24ClN3O2. The van der Waals surface area contributed by atoms with Gasteiger partial charge in [-0.1, -0.05) is 23.7 Å². The summed E-state index contributed by atoms with van der Waals surface area (Å²) in [6.45, 7) is 2.31. The fourth-order valence-electron chi connectivity index (χ4n) is 4.01. The Kier molecular flexibility index (Phi) is 4.69. The van der Waals surface area contributed by atoms with Crippen LogP contribution in [0.5, 0.6) is 0 Å². The van der Waals surface area contributed by atoms with Crippen molar-refractivity contribution >= 4 is 23.4 Å². The molecule has 0 spiro atoms. The Labute approximate surface area is 153 Å². The lowest BCUT2D eigenvalue weighted by Gasteiger charge is -2.19. The molecule has 3 fully saturated rings. The molecule has 3 aliphatic rings. The average molecular weight is 362 g/mol. The van der Waals surface area contributed by atoms with Gasteiger partial charge in [0.2, 0.25) is 11.8 Å². The molecule has 1 aromatic carbocycles. The van der Waals surface area contributed by atoms with Crippen LogP contribution in [0.1, 0.15) is 37.2 Å². The Hall–Kier alpha value is -1.59. The van der Waals surface area contributed by atoms with Crippen molar-refractivity contribution in [2.45, 2.75) is 43.7 Å². The molecule has 1 aromatic rings. The molecule has 0 radical (unpaired) electrons. The lowest BCUT2D eigenvalue weighted by atomic mass is 10.0. The fraction of sp³-hybridized carbons (Fsp3) is 0.579. The van der Waals surface area contributed by atoms with E-state index in [-0.39, 0.29) is 29.8 Å². The van der Waals surface area contributed by atoms with Crippen molar-refractivity contribution < 1.29 is 9.59 Å². The van der Waals surface area contributed by atoms with Gasteiger partial charge in [-0.25, -0.2) is 0 Å². The highest BCUT2D eigenvalue weighted by Gasteiger charge is 2.42. The third-order valence-electron chi connectivity index (χ3n) is 5.63. The first-order valence-electron chi connectivity index (χ1n) is 9.20. The maximum atomic E-state index is 12.5. The second-order valence-corrected chi connectivity index (χ2v) is 7.87. The van der Waals surface area contributed by atoms with Gasteiger partial charge >= 0.3 is 0 Å². The van der Waals surface area contributed by atoms with E-state index in [0.29, 0.717) is 18.9 Å². The van der Waals surface area contributed by atoms with E-state index < -0.39 is 0 Å². The smallest absolute Gasteiger partial charge is 0.239 e. The van der Waals surface area contributed by atoms with Crippen molar-refractivity contribution in [2.24, 2.45) is 5.92 Å². The first-order valence-corrected chi connectivity index (χ1v) is 9.57. The minimum atomic E-state index is -0.194. The molecule has 2 amide bonds. The summed E-state index contributed by atoms with van der Waals surface area (Å²) in [7, 11) is 0. The van der Waals surface area contributed by atoms with Gasteiger partial charge in [0.05, 0.1) is 12.0 Å². The highest BCUT2D eigenvalue weighted by atomic mass is 35.5. The van der Waals surface area contributed by atoms with E-state index in [2.05, 4.69) is 10.6 Å². The maximum Gasteiger partial charge on any atom is 0.239 e. The molecule has 2 N–H and O–H groups in total. The summed E-state index contributed by atoms with van der Waals surface area (Å²) in [5, 5.41) is 7.12. The molecule has 6 heteroatoms. The molecule has 2 heterocycles. The lowest BCUT2D eigenvalue weighted by Crippen LogP contribution is -2.42. The Morgan fingerprint density at radius 3 is 2.56 bits per heavy atom. The largest absolute Gasteiger partial charge is 0.352 e. The van der Waals surface area contributed by atoms with Gasteiger partial charge in [-0.15, -0.1) is 0 Å². The predicted octanol–water partition coefficient (Wildman–Crippen LogP) is 1.91. The molecule has 0 bridgehead atoms. The number of hydrogen-bond donors (Lipinski definition) is 2. The molecule has 1 aliphatic carbocycles. The predicted molar refractivity (Wildman–Crippen MR) is 96.5 cm³/mol. The van der Waals surface area contributed by atoms with Gasteiger partial charge in [0.1, 0.15) is 0 Å². The van der Waals surface area contributed by atoms with Crippen molar-refractivity contribution in [3.8, 4) is 0 Å². The number of halogens is 1. The van der Waals surface area contributed by atoms with Crippen LogP contribution in [0, 0.1) is 5.92 Å². The van der Waals surface area contributed by atoms with Crippen LogP contribution in [0.4, 0.5) is 0 Å². The molecule has 5 nitrogen and oxygen atoms in total. The second kappa shape index (κ2) is 6.96. The van der Waals surface area contributed by atoms with Gasteiger partial charge in [-0.3, -0.25) is 9.59 Å². The van der Waals surface area contributed by atoms with Crippen LogP contribution in [0.2, 0.25) is 5.02 Å². The topological polar surface area (TPSA) is 61.4 Å². The molecule has 4 rings (SSSR count). The van der Waals surface area contributed by atoms with Crippen LogP contribution < -0.4 is 10.6 Å². The Morgan fingerprint density at radius 1 is 1.12 bits per heavy atom. The van der Waals surface area contributed by atoms with E-state index in [1.165, 1.54) is 5.56 Å². The number of nitrogens with zero attached hydrogens (tertiary/aromatic N) is 1. The van der Waals surface area contributed by atoms with E-state index in [0.717, 1.165) is 37.4 Å². The van der Waals surface area contributed by atoms with Gasteiger partial charge in [0.25, 0.3) is 0 Å². The highest BCUT2D eigenvalue weighted by molar-refractivity contribution is 6.30. The third kappa shape index (κ3) is 3.67. The van der Waals surface area contributed by atoms with Gasteiger partial charge < -0.3 is 15.5 Å². The molecule has 2 saturated heterocycles. The van der Waals surface area contributed by atoms with E-state index >= 15 is 0 Å². The zero-order valence-corrected chi connectivity index (χ0v) is 15.0. The van der Waals surface area contributed by atoms with Crippen LogP contribution >= 0.6 is 11.6 Å². The first-order chi connectivity index (χ1) is 12.1. The number of carbonyl (C=O) groups excluding carboxylic acids is 2. The van der Waals surface area contributed by atoms with Crippen LogP contribution in [-0.4, -0.2) is 48.4 Å². The van der Waals surface area contributed by atoms with Crippen molar-refractivity contribution in [1.29, 1.82) is 0 Å². The summed E-state index contributed by atoms with van der Waals surface area (Å²) >= 11 is 5.92. The van der Waals surface area contributed by atoms with Crippen LogP contribution in [-0.2, 0) is 9.59 Å².